The summed E-state index contributed by atoms with van der Waals surface area (Å²) in [5, 5.41) is 1.16. The van der Waals surface area contributed by atoms with Crippen LogP contribution in [0.3, 0.4) is 0 Å². The van der Waals surface area contributed by atoms with Crippen LogP contribution >= 0.6 is 10.7 Å². The van der Waals surface area contributed by atoms with Crippen molar-refractivity contribution in [2.75, 3.05) is 6.61 Å². The molecule has 0 aliphatic carbocycles. The number of nitrogens with one attached hydrogen (secondary N) is 1. The molecule has 0 spiro atoms. The Morgan fingerprint density at radius 3 is 2.64 bits per heavy atom. The van der Waals surface area contributed by atoms with Gasteiger partial charge < -0.3 is 15.5 Å². The summed E-state index contributed by atoms with van der Waals surface area (Å²) in [6, 6.07) is 6.04. The number of H-pyrrole nitrogens is 1. The molecule has 0 aliphatic rings. The van der Waals surface area contributed by atoms with Crippen molar-refractivity contribution in [3.8, 4) is 5.88 Å². The maximum atomic E-state index is 11.8. The van der Waals surface area contributed by atoms with Gasteiger partial charge in [-0.3, -0.25) is 4.79 Å². The van der Waals surface area contributed by atoms with Gasteiger partial charge in [0.15, 0.2) is 5.69 Å². The second-order valence-corrected chi connectivity index (χ2v) is 8.64. The highest BCUT2D eigenvalue weighted by atomic mass is 35.7. The van der Waals surface area contributed by atoms with Crippen molar-refractivity contribution in [3.05, 3.63) is 30.0 Å². The van der Waals surface area contributed by atoms with E-state index >= 15 is 0 Å². The molecule has 0 radical (unpaired) electrons. The van der Waals surface area contributed by atoms with Gasteiger partial charge in [0.05, 0.1) is 17.0 Å². The number of benzene rings is 1. The van der Waals surface area contributed by atoms with Gasteiger partial charge in [0.25, 0.3) is 15.0 Å². The summed E-state index contributed by atoms with van der Waals surface area (Å²) in [5.41, 5.74) is 6.51. The Balaban J connectivity index is 2.29. The molecule has 3 rings (SSSR count). The van der Waals surface area contributed by atoms with Gasteiger partial charge in [-0.05, 0) is 24.1 Å². The summed E-state index contributed by atoms with van der Waals surface area (Å²) in [5.74, 6) is -0.197. The van der Waals surface area contributed by atoms with Gasteiger partial charge in [-0.1, -0.05) is 13.8 Å². The minimum absolute atomic E-state index is 0.0303. The molecule has 0 atom stereocenters. The predicted octanol–water partition coefficient (Wildman–Crippen LogP) is 2.78. The van der Waals surface area contributed by atoms with Crippen LogP contribution in [0.15, 0.2) is 29.2 Å². The Bertz CT molecular complexity index is 1090. The van der Waals surface area contributed by atoms with Crippen LogP contribution in [-0.4, -0.2) is 30.9 Å². The van der Waals surface area contributed by atoms with Gasteiger partial charge in [-0.2, -0.15) is 0 Å². The van der Waals surface area contributed by atoms with Crippen molar-refractivity contribution in [2.24, 2.45) is 11.7 Å². The topological polar surface area (TPSA) is 115 Å². The largest absolute Gasteiger partial charge is 0.477 e. The van der Waals surface area contributed by atoms with Gasteiger partial charge in [-0.25, -0.2) is 13.4 Å². The van der Waals surface area contributed by atoms with Gasteiger partial charge in [0, 0.05) is 33.0 Å². The number of fused-ring (bicyclic) bond motifs is 3. The standard InChI is InChI=1S/C16H16ClN3O4S/c1-8(2)7-24-13-6-11-10-5-9(25(17,22)23)3-4-12(10)19-14(11)15(20-13)16(18)21/h3-6,8,19H,7H2,1-2H3,(H2,18,21). The summed E-state index contributed by atoms with van der Waals surface area (Å²) in [4.78, 5) is 18.9. The SMILES string of the molecule is CC(C)COc1cc2c([nH]c3ccc(S(=O)(=O)Cl)cc32)c(C(N)=O)n1. The van der Waals surface area contributed by atoms with E-state index in [2.05, 4.69) is 9.97 Å². The van der Waals surface area contributed by atoms with Crippen LogP contribution in [0.2, 0.25) is 0 Å². The quantitative estimate of drug-likeness (QED) is 0.659. The van der Waals surface area contributed by atoms with Crippen molar-refractivity contribution >= 4 is 47.4 Å². The number of pyridine rings is 1. The molecule has 0 bridgehead atoms. The lowest BCUT2D eigenvalue weighted by atomic mass is 10.1. The highest BCUT2D eigenvalue weighted by Gasteiger charge is 2.18. The number of hydrogen-bond donors (Lipinski definition) is 2. The number of aromatic nitrogens is 2. The smallest absolute Gasteiger partial charge is 0.269 e. The second-order valence-electron chi connectivity index (χ2n) is 6.07. The van der Waals surface area contributed by atoms with Crippen LogP contribution < -0.4 is 10.5 Å². The molecule has 7 nitrogen and oxygen atoms in total. The summed E-state index contributed by atoms with van der Waals surface area (Å²) in [6.07, 6.45) is 0. The third kappa shape index (κ3) is 3.40. The molecule has 1 amide bonds. The predicted molar refractivity (Wildman–Crippen MR) is 95.5 cm³/mol. The average Bonchev–Trinajstić information content (AvgIpc) is 2.88. The summed E-state index contributed by atoms with van der Waals surface area (Å²) in [7, 11) is 1.55. The molecule has 9 heteroatoms. The molecular weight excluding hydrogens is 366 g/mol. The van der Waals surface area contributed by atoms with E-state index in [-0.39, 0.29) is 22.4 Å². The van der Waals surface area contributed by atoms with Crippen LogP contribution in [0.4, 0.5) is 0 Å². The fourth-order valence-corrected chi connectivity index (χ4v) is 3.28. The fourth-order valence-electron chi connectivity index (χ4n) is 2.51. The van der Waals surface area contributed by atoms with Crippen molar-refractivity contribution < 1.29 is 17.9 Å². The molecule has 132 valence electrons. The number of aromatic amines is 1. The maximum absolute atomic E-state index is 11.8. The lowest BCUT2D eigenvalue weighted by Gasteiger charge is -2.09. The lowest BCUT2D eigenvalue weighted by molar-refractivity contribution is 0.0996. The van der Waals surface area contributed by atoms with Crippen LogP contribution in [-0.2, 0) is 9.05 Å². The van der Waals surface area contributed by atoms with Crippen molar-refractivity contribution in [1.29, 1.82) is 0 Å². The first kappa shape index (κ1) is 17.5. The first-order valence-electron chi connectivity index (χ1n) is 7.50. The number of nitrogens with two attached hydrogens (primary N) is 1. The van der Waals surface area contributed by atoms with E-state index < -0.39 is 15.0 Å². The lowest BCUT2D eigenvalue weighted by Crippen LogP contribution is -2.15. The third-order valence-electron chi connectivity index (χ3n) is 3.62. The van der Waals surface area contributed by atoms with Crippen molar-refractivity contribution in [3.63, 3.8) is 0 Å². The van der Waals surface area contributed by atoms with Crippen LogP contribution in [0.25, 0.3) is 21.8 Å². The summed E-state index contributed by atoms with van der Waals surface area (Å²) in [6.45, 7) is 4.38. The summed E-state index contributed by atoms with van der Waals surface area (Å²) < 4.78 is 28.8. The van der Waals surface area contributed by atoms with E-state index in [0.29, 0.717) is 28.4 Å². The van der Waals surface area contributed by atoms with Crippen LogP contribution in [0.1, 0.15) is 24.3 Å². The molecule has 25 heavy (non-hydrogen) atoms. The molecule has 2 aromatic heterocycles. The maximum Gasteiger partial charge on any atom is 0.269 e. The Morgan fingerprint density at radius 2 is 2.04 bits per heavy atom. The second kappa shape index (κ2) is 6.20. The zero-order valence-corrected chi connectivity index (χ0v) is 15.1. The Kier molecular flexibility index (Phi) is 4.34. The number of ether oxygens (including phenoxy) is 1. The van der Waals surface area contributed by atoms with Crippen LogP contribution in [0, 0.1) is 5.92 Å². The molecule has 3 aromatic rings. The number of hydrogen-bond acceptors (Lipinski definition) is 5. The molecule has 0 unspecified atom stereocenters. The number of amides is 1. The van der Waals surface area contributed by atoms with Gasteiger partial charge in [0.2, 0.25) is 5.88 Å². The Labute approximate surface area is 148 Å². The summed E-state index contributed by atoms with van der Waals surface area (Å²) >= 11 is 0. The van der Waals surface area contributed by atoms with Crippen molar-refractivity contribution in [1.82, 2.24) is 9.97 Å². The highest BCUT2D eigenvalue weighted by Crippen LogP contribution is 2.32. The number of carbonyl (C=O) groups excluding carboxylic acids is 1. The normalized spacial score (nSPS) is 12.2. The molecule has 2 heterocycles. The van der Waals surface area contributed by atoms with Crippen molar-refractivity contribution in [2.45, 2.75) is 18.7 Å². The van der Waals surface area contributed by atoms with E-state index in [9.17, 15) is 13.2 Å². The number of carbonyl (C=O) groups is 1. The number of primary amides is 1. The molecule has 0 aliphatic heterocycles. The minimum Gasteiger partial charge on any atom is -0.477 e. The number of rotatable bonds is 5. The zero-order chi connectivity index (χ0) is 18.4. The first-order valence-corrected chi connectivity index (χ1v) is 9.81. The number of halogens is 1. The number of nitrogens with zero attached hydrogens (tertiary/aromatic N) is 1. The van der Waals surface area contributed by atoms with E-state index in [1.807, 2.05) is 13.8 Å². The fraction of sp³-hybridized carbons (Fsp3) is 0.250. The molecule has 3 N–H and O–H groups in total. The molecule has 0 saturated heterocycles. The molecule has 0 saturated carbocycles. The van der Waals surface area contributed by atoms with E-state index in [0.717, 1.165) is 0 Å². The molecular formula is C16H16ClN3O4S. The average molecular weight is 382 g/mol. The Hall–Kier alpha value is -2.32. The first-order chi connectivity index (χ1) is 11.7. The van der Waals surface area contributed by atoms with E-state index in [1.165, 1.54) is 12.1 Å². The van der Waals surface area contributed by atoms with Gasteiger partial charge in [-0.15, -0.1) is 0 Å². The Morgan fingerprint density at radius 1 is 1.32 bits per heavy atom. The van der Waals surface area contributed by atoms with E-state index in [1.54, 1.807) is 12.1 Å². The van der Waals surface area contributed by atoms with Crippen LogP contribution in [0.5, 0.6) is 5.88 Å². The molecule has 0 fully saturated rings. The van der Waals surface area contributed by atoms with Gasteiger partial charge in [0.1, 0.15) is 0 Å². The van der Waals surface area contributed by atoms with E-state index in [4.69, 9.17) is 21.2 Å². The third-order valence-corrected chi connectivity index (χ3v) is 4.97. The zero-order valence-electron chi connectivity index (χ0n) is 13.5. The van der Waals surface area contributed by atoms with Gasteiger partial charge >= 0.3 is 0 Å². The highest BCUT2D eigenvalue weighted by molar-refractivity contribution is 8.13. The molecule has 1 aromatic carbocycles. The minimum atomic E-state index is -3.88. The monoisotopic (exact) mass is 381 g/mol.